The molecule has 0 saturated heterocycles. The average molecular weight is 272 g/mol. The molecule has 2 N–H and O–H groups in total. The monoisotopic (exact) mass is 271 g/mol. The van der Waals surface area contributed by atoms with Crippen LogP contribution in [0.15, 0.2) is 0 Å². The molecule has 1 aromatic heterocycles. The van der Waals surface area contributed by atoms with Gasteiger partial charge in [0, 0.05) is 12.6 Å². The first-order valence-electron chi connectivity index (χ1n) is 6.70. The first kappa shape index (κ1) is 13.8. The van der Waals surface area contributed by atoms with Gasteiger partial charge in [0.05, 0.1) is 29.1 Å². The molecule has 1 aromatic rings. The van der Waals surface area contributed by atoms with Crippen molar-refractivity contribution in [3.63, 3.8) is 0 Å². The van der Waals surface area contributed by atoms with Gasteiger partial charge in [-0.3, -0.25) is 4.68 Å². The van der Waals surface area contributed by atoms with E-state index < -0.39 is 0 Å². The van der Waals surface area contributed by atoms with Crippen molar-refractivity contribution in [2.75, 3.05) is 0 Å². The topological polar surface area (TPSA) is 53.1 Å². The number of nitrogens with zero attached hydrogens (tertiary/aromatic N) is 2. The van der Waals surface area contributed by atoms with Crippen LogP contribution in [0.1, 0.15) is 44.0 Å². The van der Waals surface area contributed by atoms with Gasteiger partial charge in [-0.15, -0.1) is 0 Å². The molecule has 0 aliphatic heterocycles. The molecule has 0 spiro atoms. The zero-order valence-corrected chi connectivity index (χ0v) is 11.9. The molecule has 1 aliphatic carbocycles. The molecule has 0 unspecified atom stereocenters. The number of nitrogens with two attached hydrogens (primary N) is 1. The van der Waals surface area contributed by atoms with E-state index in [0.717, 1.165) is 48.6 Å². The van der Waals surface area contributed by atoms with Crippen LogP contribution in [0.3, 0.4) is 0 Å². The summed E-state index contributed by atoms with van der Waals surface area (Å²) in [6.07, 6.45) is 4.55. The predicted molar refractivity (Wildman–Crippen MR) is 72.7 cm³/mol. The van der Waals surface area contributed by atoms with Gasteiger partial charge in [0.2, 0.25) is 0 Å². The largest absolute Gasteiger partial charge is 0.372 e. The molecule has 5 heteroatoms. The summed E-state index contributed by atoms with van der Waals surface area (Å²) in [5.41, 5.74) is 7.76. The minimum Gasteiger partial charge on any atom is -0.372 e. The van der Waals surface area contributed by atoms with E-state index in [1.807, 2.05) is 11.6 Å². The Labute approximate surface area is 113 Å². The Morgan fingerprint density at radius 3 is 2.67 bits per heavy atom. The van der Waals surface area contributed by atoms with Gasteiger partial charge in [-0.25, -0.2) is 0 Å². The van der Waals surface area contributed by atoms with E-state index in [1.54, 1.807) is 0 Å². The maximum absolute atomic E-state index is 6.25. The number of rotatable bonds is 4. The van der Waals surface area contributed by atoms with Gasteiger partial charge in [-0.2, -0.15) is 5.10 Å². The molecule has 0 bridgehead atoms. The zero-order chi connectivity index (χ0) is 13.1. The number of halogens is 1. The molecule has 102 valence electrons. The summed E-state index contributed by atoms with van der Waals surface area (Å²) in [6, 6.07) is 0.358. The van der Waals surface area contributed by atoms with Crippen LogP contribution in [0.5, 0.6) is 0 Å². The molecule has 1 saturated carbocycles. The fraction of sp³-hybridized carbons (Fsp3) is 0.769. The van der Waals surface area contributed by atoms with Crippen LogP contribution in [0.2, 0.25) is 5.02 Å². The summed E-state index contributed by atoms with van der Waals surface area (Å²) in [4.78, 5) is 0. The molecule has 1 heterocycles. The highest BCUT2D eigenvalue weighted by Gasteiger charge is 2.20. The molecule has 0 radical (unpaired) electrons. The van der Waals surface area contributed by atoms with Crippen LogP contribution >= 0.6 is 11.6 Å². The van der Waals surface area contributed by atoms with Crippen molar-refractivity contribution in [1.29, 1.82) is 0 Å². The quantitative estimate of drug-likeness (QED) is 0.916. The zero-order valence-electron chi connectivity index (χ0n) is 11.2. The smallest absolute Gasteiger partial charge is 0.0903 e. The Balaban J connectivity index is 1.93. The molecular weight excluding hydrogens is 250 g/mol. The Kier molecular flexibility index (Phi) is 4.65. The third-order valence-electron chi connectivity index (χ3n) is 3.63. The van der Waals surface area contributed by atoms with E-state index in [-0.39, 0.29) is 0 Å². The van der Waals surface area contributed by atoms with Gasteiger partial charge >= 0.3 is 0 Å². The van der Waals surface area contributed by atoms with Crippen LogP contribution in [0.4, 0.5) is 0 Å². The van der Waals surface area contributed by atoms with Gasteiger partial charge in [-0.05, 0) is 39.5 Å². The Bertz CT molecular complexity index is 397. The highest BCUT2D eigenvalue weighted by atomic mass is 35.5. The lowest BCUT2D eigenvalue weighted by Gasteiger charge is -2.26. The second-order valence-corrected chi connectivity index (χ2v) is 5.39. The SMILES string of the molecule is CCn1nc(C)c(Cl)c1COC1CCC(N)CC1. The van der Waals surface area contributed by atoms with E-state index in [9.17, 15) is 0 Å². The number of ether oxygens (including phenoxy) is 1. The van der Waals surface area contributed by atoms with Crippen molar-refractivity contribution < 1.29 is 4.74 Å². The van der Waals surface area contributed by atoms with Gasteiger partial charge in [0.1, 0.15) is 0 Å². The van der Waals surface area contributed by atoms with Crippen molar-refractivity contribution in [2.45, 2.75) is 64.8 Å². The van der Waals surface area contributed by atoms with E-state index in [1.165, 1.54) is 0 Å². The number of aryl methyl sites for hydroxylation is 2. The van der Waals surface area contributed by atoms with Crippen LogP contribution < -0.4 is 5.73 Å². The molecule has 1 aliphatic rings. The fourth-order valence-corrected chi connectivity index (χ4v) is 2.65. The summed E-state index contributed by atoms with van der Waals surface area (Å²) in [6.45, 7) is 5.36. The molecular formula is C13H22ClN3O. The predicted octanol–water partition coefficient (Wildman–Crippen LogP) is 2.65. The Morgan fingerprint density at radius 1 is 1.39 bits per heavy atom. The van der Waals surface area contributed by atoms with Crippen molar-refractivity contribution in [1.82, 2.24) is 9.78 Å². The van der Waals surface area contributed by atoms with Crippen molar-refractivity contribution in [2.24, 2.45) is 5.73 Å². The van der Waals surface area contributed by atoms with E-state index in [0.29, 0.717) is 18.8 Å². The van der Waals surface area contributed by atoms with Crippen molar-refractivity contribution in [3.8, 4) is 0 Å². The lowest BCUT2D eigenvalue weighted by Crippen LogP contribution is -2.30. The third kappa shape index (κ3) is 3.05. The van der Waals surface area contributed by atoms with Gasteiger partial charge < -0.3 is 10.5 Å². The molecule has 0 aromatic carbocycles. The maximum Gasteiger partial charge on any atom is 0.0903 e. The Hall–Kier alpha value is -0.580. The number of aromatic nitrogens is 2. The van der Waals surface area contributed by atoms with Crippen LogP contribution in [0.25, 0.3) is 0 Å². The second kappa shape index (κ2) is 6.04. The van der Waals surface area contributed by atoms with Gasteiger partial charge in [0.15, 0.2) is 0 Å². The van der Waals surface area contributed by atoms with Crippen LogP contribution in [-0.2, 0) is 17.9 Å². The summed E-state index contributed by atoms with van der Waals surface area (Å²) < 4.78 is 7.88. The summed E-state index contributed by atoms with van der Waals surface area (Å²) in [7, 11) is 0. The molecule has 18 heavy (non-hydrogen) atoms. The minimum atomic E-state index is 0.321. The van der Waals surface area contributed by atoms with E-state index in [4.69, 9.17) is 22.1 Å². The molecule has 4 nitrogen and oxygen atoms in total. The summed E-state index contributed by atoms with van der Waals surface area (Å²) in [5.74, 6) is 0. The van der Waals surface area contributed by atoms with E-state index in [2.05, 4.69) is 12.0 Å². The lowest BCUT2D eigenvalue weighted by molar-refractivity contribution is 0.0107. The summed E-state index contributed by atoms with van der Waals surface area (Å²) in [5, 5.41) is 5.13. The second-order valence-electron chi connectivity index (χ2n) is 5.01. The number of hydrogen-bond donors (Lipinski definition) is 1. The first-order chi connectivity index (χ1) is 8.61. The maximum atomic E-state index is 6.25. The lowest BCUT2D eigenvalue weighted by atomic mass is 9.94. The third-order valence-corrected chi connectivity index (χ3v) is 4.12. The molecule has 2 rings (SSSR count). The molecule has 0 amide bonds. The Morgan fingerprint density at radius 2 is 2.06 bits per heavy atom. The highest BCUT2D eigenvalue weighted by Crippen LogP contribution is 2.24. The molecule has 1 fully saturated rings. The fourth-order valence-electron chi connectivity index (χ4n) is 2.46. The average Bonchev–Trinajstić information content (AvgIpc) is 2.65. The van der Waals surface area contributed by atoms with Crippen molar-refractivity contribution >= 4 is 11.6 Å². The number of hydrogen-bond acceptors (Lipinski definition) is 3. The van der Waals surface area contributed by atoms with E-state index >= 15 is 0 Å². The first-order valence-corrected chi connectivity index (χ1v) is 7.08. The minimum absolute atomic E-state index is 0.321. The van der Waals surface area contributed by atoms with Crippen LogP contribution in [0, 0.1) is 6.92 Å². The highest BCUT2D eigenvalue weighted by molar-refractivity contribution is 6.31. The summed E-state index contributed by atoms with van der Waals surface area (Å²) >= 11 is 6.25. The van der Waals surface area contributed by atoms with Gasteiger partial charge in [0.25, 0.3) is 0 Å². The van der Waals surface area contributed by atoms with Gasteiger partial charge in [-0.1, -0.05) is 11.6 Å². The molecule has 0 atom stereocenters. The normalized spacial score (nSPS) is 24.4. The van der Waals surface area contributed by atoms with Crippen LogP contribution in [-0.4, -0.2) is 21.9 Å². The standard InChI is InChI=1S/C13H22ClN3O/c1-3-17-12(13(14)9(2)16-17)8-18-11-6-4-10(15)5-7-11/h10-11H,3-8,15H2,1-2H3. The van der Waals surface area contributed by atoms with Crippen molar-refractivity contribution in [3.05, 3.63) is 16.4 Å².